The average molecular weight is 329 g/mol. The molecule has 0 fully saturated rings. The highest BCUT2D eigenvalue weighted by atomic mass is 32.1. The molecule has 0 aliphatic heterocycles. The zero-order valence-corrected chi connectivity index (χ0v) is 13.7. The second kappa shape index (κ2) is 6.64. The van der Waals surface area contributed by atoms with Crippen molar-refractivity contribution < 1.29 is 0 Å². The van der Waals surface area contributed by atoms with Crippen molar-refractivity contribution in [3.8, 4) is 11.3 Å². The highest BCUT2D eigenvalue weighted by molar-refractivity contribution is 7.16. The Balaban J connectivity index is 1.88. The van der Waals surface area contributed by atoms with Gasteiger partial charge in [0.1, 0.15) is 5.69 Å². The molecule has 0 saturated heterocycles. The van der Waals surface area contributed by atoms with Gasteiger partial charge in [-0.05, 0) is 24.3 Å². The van der Waals surface area contributed by atoms with Gasteiger partial charge in [-0.25, -0.2) is 4.98 Å². The Morgan fingerprint density at radius 3 is 2.21 bits per heavy atom. The van der Waals surface area contributed by atoms with Crippen molar-refractivity contribution in [1.82, 2.24) is 4.98 Å². The van der Waals surface area contributed by atoms with Crippen LogP contribution in [0.3, 0.4) is 0 Å². The zero-order chi connectivity index (χ0) is 16.2. The van der Waals surface area contributed by atoms with Crippen LogP contribution in [0.4, 0.5) is 5.69 Å². The van der Waals surface area contributed by atoms with Gasteiger partial charge in [0.25, 0.3) is 0 Å². The van der Waals surface area contributed by atoms with E-state index in [2.05, 4.69) is 28.7 Å². The van der Waals surface area contributed by atoms with E-state index in [1.54, 1.807) is 11.3 Å². The Hall–Kier alpha value is -2.98. The summed E-state index contributed by atoms with van der Waals surface area (Å²) in [7, 11) is 0. The number of benzene rings is 3. The summed E-state index contributed by atoms with van der Waals surface area (Å²) in [6.45, 7) is 0. The standard InChI is InChI=1S/C20H15N3S/c1-3-9-15(10-4-1)19-20(23-22-16-11-5-2-6-12-16)24-18-14-8-7-13-17(18)21-19/h1-14,22H/b23-20+. The Kier molecular flexibility index (Phi) is 4.04. The molecule has 0 bridgehead atoms. The molecule has 0 aliphatic carbocycles. The molecule has 0 radical (unpaired) electrons. The van der Waals surface area contributed by atoms with Gasteiger partial charge in [0.15, 0.2) is 4.67 Å². The summed E-state index contributed by atoms with van der Waals surface area (Å²) in [5.41, 5.74) is 7.03. The van der Waals surface area contributed by atoms with E-state index in [0.717, 1.165) is 31.8 Å². The predicted octanol–water partition coefficient (Wildman–Crippen LogP) is 4.89. The predicted molar refractivity (Wildman–Crippen MR) is 101 cm³/mol. The minimum atomic E-state index is 0.865. The lowest BCUT2D eigenvalue weighted by Gasteiger charge is -2.05. The summed E-state index contributed by atoms with van der Waals surface area (Å²) in [6, 6.07) is 28.2. The van der Waals surface area contributed by atoms with Gasteiger partial charge in [-0.3, -0.25) is 5.43 Å². The van der Waals surface area contributed by atoms with Crippen LogP contribution in [0.2, 0.25) is 0 Å². The third-order valence-electron chi connectivity index (χ3n) is 3.61. The second-order valence-electron chi connectivity index (χ2n) is 5.29. The first-order chi connectivity index (χ1) is 11.9. The van der Waals surface area contributed by atoms with E-state index >= 15 is 0 Å². The molecule has 3 aromatic carbocycles. The molecule has 1 N–H and O–H groups in total. The quantitative estimate of drug-likeness (QED) is 0.543. The van der Waals surface area contributed by atoms with Crippen LogP contribution in [-0.2, 0) is 0 Å². The van der Waals surface area contributed by atoms with Crippen molar-refractivity contribution in [3.63, 3.8) is 0 Å². The minimum absolute atomic E-state index is 0.865. The number of nitrogens with zero attached hydrogens (tertiary/aromatic N) is 2. The van der Waals surface area contributed by atoms with Crippen LogP contribution in [0.15, 0.2) is 90.0 Å². The van der Waals surface area contributed by atoms with E-state index in [4.69, 9.17) is 4.98 Å². The molecule has 0 spiro atoms. The molecule has 3 nitrogen and oxygen atoms in total. The van der Waals surface area contributed by atoms with Crippen LogP contribution in [0.25, 0.3) is 21.5 Å². The highest BCUT2D eigenvalue weighted by Crippen LogP contribution is 2.20. The van der Waals surface area contributed by atoms with Gasteiger partial charge < -0.3 is 0 Å². The van der Waals surface area contributed by atoms with Crippen molar-refractivity contribution in [2.45, 2.75) is 0 Å². The zero-order valence-electron chi connectivity index (χ0n) is 12.9. The molecule has 0 amide bonds. The summed E-state index contributed by atoms with van der Waals surface area (Å²) >= 11 is 1.64. The molecule has 0 unspecified atom stereocenters. The summed E-state index contributed by atoms with van der Waals surface area (Å²) in [4.78, 5) is 4.83. The molecule has 0 saturated carbocycles. The summed E-state index contributed by atoms with van der Waals surface area (Å²) in [5.74, 6) is 0. The Bertz CT molecular complexity index is 1020. The highest BCUT2D eigenvalue weighted by Gasteiger charge is 2.06. The lowest BCUT2D eigenvalue weighted by atomic mass is 10.2. The van der Waals surface area contributed by atoms with Crippen molar-refractivity contribution in [3.05, 3.63) is 89.6 Å². The Labute approximate surface area is 144 Å². The fourth-order valence-corrected chi connectivity index (χ4v) is 3.37. The maximum atomic E-state index is 4.83. The summed E-state index contributed by atoms with van der Waals surface area (Å²) in [6.07, 6.45) is 0. The molecule has 1 heterocycles. The first kappa shape index (κ1) is 14.6. The number of aromatic nitrogens is 1. The number of para-hydroxylation sites is 2. The molecule has 4 rings (SSSR count). The number of hydrogen-bond acceptors (Lipinski definition) is 4. The van der Waals surface area contributed by atoms with Gasteiger partial charge in [-0.1, -0.05) is 60.7 Å². The molecule has 116 valence electrons. The van der Waals surface area contributed by atoms with Crippen LogP contribution >= 0.6 is 11.3 Å². The average Bonchev–Trinajstić information content (AvgIpc) is 2.67. The normalized spacial score (nSPS) is 11.6. The number of nitrogens with one attached hydrogen (secondary N) is 1. The number of rotatable bonds is 3. The van der Waals surface area contributed by atoms with E-state index < -0.39 is 0 Å². The van der Waals surface area contributed by atoms with Crippen molar-refractivity contribution in [1.29, 1.82) is 0 Å². The molecule has 4 heteroatoms. The van der Waals surface area contributed by atoms with Gasteiger partial charge in [0.05, 0.1) is 15.9 Å². The Morgan fingerprint density at radius 2 is 1.42 bits per heavy atom. The van der Waals surface area contributed by atoms with Gasteiger partial charge in [-0.15, -0.1) is 11.3 Å². The van der Waals surface area contributed by atoms with Crippen LogP contribution in [-0.4, -0.2) is 4.98 Å². The fraction of sp³-hybridized carbons (Fsp3) is 0. The minimum Gasteiger partial charge on any atom is -0.277 e. The lowest BCUT2D eigenvalue weighted by Crippen LogP contribution is -2.08. The van der Waals surface area contributed by atoms with Gasteiger partial charge >= 0.3 is 0 Å². The smallest absolute Gasteiger partial charge is 0.163 e. The molecular weight excluding hydrogens is 314 g/mol. The molecule has 24 heavy (non-hydrogen) atoms. The van der Waals surface area contributed by atoms with E-state index in [9.17, 15) is 0 Å². The van der Waals surface area contributed by atoms with E-state index in [1.165, 1.54) is 0 Å². The van der Waals surface area contributed by atoms with Crippen LogP contribution in [0, 0.1) is 0 Å². The van der Waals surface area contributed by atoms with Gasteiger partial charge in [-0.2, -0.15) is 5.10 Å². The van der Waals surface area contributed by atoms with Gasteiger partial charge in [0.2, 0.25) is 0 Å². The van der Waals surface area contributed by atoms with Crippen molar-refractivity contribution in [2.75, 3.05) is 5.43 Å². The molecular formula is C20H15N3S. The third-order valence-corrected chi connectivity index (χ3v) is 4.66. The third kappa shape index (κ3) is 3.05. The fourth-order valence-electron chi connectivity index (χ4n) is 2.44. The van der Waals surface area contributed by atoms with E-state index in [-0.39, 0.29) is 0 Å². The molecule has 1 aromatic heterocycles. The molecule has 0 atom stereocenters. The monoisotopic (exact) mass is 329 g/mol. The topological polar surface area (TPSA) is 37.3 Å². The number of fused-ring (bicyclic) bond motifs is 1. The number of anilines is 1. The summed E-state index contributed by atoms with van der Waals surface area (Å²) in [5, 5.41) is 4.61. The maximum absolute atomic E-state index is 4.83. The van der Waals surface area contributed by atoms with E-state index in [1.807, 2.05) is 66.7 Å². The van der Waals surface area contributed by atoms with Gasteiger partial charge in [0, 0.05) is 5.56 Å². The number of hydrogen-bond donors (Lipinski definition) is 1. The summed E-state index contributed by atoms with van der Waals surface area (Å²) < 4.78 is 1.98. The largest absolute Gasteiger partial charge is 0.277 e. The SMILES string of the molecule is c1ccc(N/N=c2/sc3ccccc3nc2-c2ccccc2)cc1. The molecule has 0 aliphatic rings. The molecule has 4 aromatic rings. The van der Waals surface area contributed by atoms with Crippen molar-refractivity contribution in [2.24, 2.45) is 5.10 Å². The van der Waals surface area contributed by atoms with Crippen LogP contribution in [0.5, 0.6) is 0 Å². The second-order valence-corrected chi connectivity index (χ2v) is 6.32. The first-order valence-electron chi connectivity index (χ1n) is 7.70. The Morgan fingerprint density at radius 1 is 0.750 bits per heavy atom. The maximum Gasteiger partial charge on any atom is 0.163 e. The van der Waals surface area contributed by atoms with Crippen molar-refractivity contribution >= 4 is 27.2 Å². The van der Waals surface area contributed by atoms with Crippen LogP contribution in [0.1, 0.15) is 0 Å². The van der Waals surface area contributed by atoms with E-state index in [0.29, 0.717) is 0 Å². The van der Waals surface area contributed by atoms with Crippen LogP contribution < -0.4 is 10.1 Å². The first-order valence-corrected chi connectivity index (χ1v) is 8.52. The lowest BCUT2D eigenvalue weighted by molar-refractivity contribution is 1.23.